The number of Topliss-reactive ketones (excluding diaryl/α,β-unsaturated/α-hetero) is 1. The number of ketones is 1. The van der Waals surface area contributed by atoms with Crippen LogP contribution in [0.15, 0.2) is 24.3 Å². The number of halogens is 3. The van der Waals surface area contributed by atoms with Gasteiger partial charge in [-0.25, -0.2) is 0 Å². The fraction of sp³-hybridized carbons (Fsp3) is 0.417. The summed E-state index contributed by atoms with van der Waals surface area (Å²) in [6, 6.07) is 5.18. The van der Waals surface area contributed by atoms with Crippen molar-refractivity contribution >= 4 is 5.78 Å². The number of ether oxygens (including phenoxy) is 1. The molecule has 0 saturated heterocycles. The van der Waals surface area contributed by atoms with E-state index in [2.05, 4.69) is 4.74 Å². The van der Waals surface area contributed by atoms with Crippen molar-refractivity contribution in [3.63, 3.8) is 0 Å². The maximum Gasteiger partial charge on any atom is 0.573 e. The van der Waals surface area contributed by atoms with Gasteiger partial charge in [-0.15, -0.1) is 13.2 Å². The molecule has 0 radical (unpaired) electrons. The first-order valence-electron chi connectivity index (χ1n) is 5.36. The summed E-state index contributed by atoms with van der Waals surface area (Å²) in [6.07, 6.45) is -4.53. The number of benzene rings is 1. The third-order valence-electron chi connectivity index (χ3n) is 2.61. The first kappa shape index (κ1) is 14.5. The zero-order chi connectivity index (χ0) is 14.0. The topological polar surface area (TPSA) is 52.3 Å². The van der Waals surface area contributed by atoms with Crippen LogP contribution in [-0.2, 0) is 0 Å². The number of hydrogen-bond donors (Lipinski definition) is 1. The van der Waals surface area contributed by atoms with Crippen LogP contribution >= 0.6 is 0 Å². The van der Waals surface area contributed by atoms with Crippen LogP contribution in [0.1, 0.15) is 30.6 Å². The molecule has 0 spiro atoms. The predicted molar refractivity (Wildman–Crippen MR) is 60.3 cm³/mol. The Morgan fingerprint density at radius 1 is 1.33 bits per heavy atom. The number of alkyl halides is 3. The van der Waals surface area contributed by atoms with Crippen molar-refractivity contribution in [3.8, 4) is 5.75 Å². The van der Waals surface area contributed by atoms with Crippen LogP contribution in [0.4, 0.5) is 13.2 Å². The lowest BCUT2D eigenvalue weighted by molar-refractivity contribution is -0.274. The minimum atomic E-state index is -4.84. The van der Waals surface area contributed by atoms with E-state index in [0.29, 0.717) is 6.42 Å². The Morgan fingerprint density at radius 2 is 1.89 bits per heavy atom. The van der Waals surface area contributed by atoms with Gasteiger partial charge < -0.3 is 10.5 Å². The monoisotopic (exact) mass is 261 g/mol. The standard InChI is InChI=1S/C12H14F3NO2/c1-3-11(2,16)10(17)8-6-4-5-7-9(8)18-12(13,14)15/h4-7H,3,16H2,1-2H3. The molecule has 1 rings (SSSR count). The van der Waals surface area contributed by atoms with Gasteiger partial charge in [-0.05, 0) is 25.5 Å². The highest BCUT2D eigenvalue weighted by Crippen LogP contribution is 2.28. The summed E-state index contributed by atoms with van der Waals surface area (Å²) in [5.41, 5.74) is 4.36. The molecule has 2 N–H and O–H groups in total. The second-order valence-electron chi connectivity index (χ2n) is 4.14. The van der Waals surface area contributed by atoms with Crippen molar-refractivity contribution in [2.75, 3.05) is 0 Å². The van der Waals surface area contributed by atoms with Crippen molar-refractivity contribution in [3.05, 3.63) is 29.8 Å². The normalized spacial score (nSPS) is 15.0. The predicted octanol–water partition coefficient (Wildman–Crippen LogP) is 2.90. The average Bonchev–Trinajstić information content (AvgIpc) is 2.26. The van der Waals surface area contributed by atoms with Gasteiger partial charge in [-0.1, -0.05) is 19.1 Å². The smallest absolute Gasteiger partial charge is 0.405 e. The van der Waals surface area contributed by atoms with E-state index in [0.717, 1.165) is 6.07 Å². The summed E-state index contributed by atoms with van der Waals surface area (Å²) in [6.45, 7) is 3.16. The van der Waals surface area contributed by atoms with E-state index in [1.807, 2.05) is 0 Å². The molecule has 3 nitrogen and oxygen atoms in total. The van der Waals surface area contributed by atoms with Crippen LogP contribution < -0.4 is 10.5 Å². The molecule has 1 unspecified atom stereocenters. The molecular formula is C12H14F3NO2. The van der Waals surface area contributed by atoms with Gasteiger partial charge in [-0.3, -0.25) is 4.79 Å². The van der Waals surface area contributed by atoms with Crippen molar-refractivity contribution in [1.82, 2.24) is 0 Å². The molecule has 0 aliphatic carbocycles. The molecule has 0 fully saturated rings. The maximum atomic E-state index is 12.2. The SMILES string of the molecule is CCC(C)(N)C(=O)c1ccccc1OC(F)(F)F. The van der Waals surface area contributed by atoms with Gasteiger partial charge in [0.15, 0.2) is 5.78 Å². The summed E-state index contributed by atoms with van der Waals surface area (Å²) < 4.78 is 40.4. The minimum absolute atomic E-state index is 0.165. The van der Waals surface area contributed by atoms with Gasteiger partial charge in [0.1, 0.15) is 5.75 Å². The summed E-state index contributed by atoms with van der Waals surface area (Å²) >= 11 is 0. The molecule has 1 aromatic carbocycles. The zero-order valence-corrected chi connectivity index (χ0v) is 10.0. The van der Waals surface area contributed by atoms with Crippen molar-refractivity contribution in [2.45, 2.75) is 32.2 Å². The van der Waals surface area contributed by atoms with Gasteiger partial charge in [-0.2, -0.15) is 0 Å². The van der Waals surface area contributed by atoms with Crippen LogP contribution in [0.2, 0.25) is 0 Å². The van der Waals surface area contributed by atoms with Crippen molar-refractivity contribution in [1.29, 1.82) is 0 Å². The molecule has 6 heteroatoms. The van der Waals surface area contributed by atoms with Gasteiger partial charge in [0.25, 0.3) is 0 Å². The molecule has 0 saturated carbocycles. The van der Waals surface area contributed by atoms with Crippen LogP contribution in [0.25, 0.3) is 0 Å². The molecule has 0 amide bonds. The molecule has 0 aliphatic rings. The molecule has 0 bridgehead atoms. The molecule has 100 valence electrons. The summed E-state index contributed by atoms with van der Waals surface area (Å²) in [4.78, 5) is 12.0. The molecule has 1 aromatic rings. The van der Waals surface area contributed by atoms with E-state index in [-0.39, 0.29) is 5.56 Å². The highest BCUT2D eigenvalue weighted by molar-refractivity contribution is 6.04. The molecule has 1 atom stereocenters. The number of nitrogens with two attached hydrogens (primary N) is 1. The number of rotatable bonds is 4. The Hall–Kier alpha value is -1.56. The Kier molecular flexibility index (Phi) is 4.01. The Morgan fingerprint density at radius 3 is 2.39 bits per heavy atom. The maximum absolute atomic E-state index is 12.2. The third kappa shape index (κ3) is 3.46. The van der Waals surface area contributed by atoms with E-state index >= 15 is 0 Å². The summed E-state index contributed by atoms with van der Waals surface area (Å²) in [7, 11) is 0. The van der Waals surface area contributed by atoms with Gasteiger partial charge in [0.05, 0.1) is 11.1 Å². The Bertz CT molecular complexity index is 441. The highest BCUT2D eigenvalue weighted by atomic mass is 19.4. The lowest BCUT2D eigenvalue weighted by Crippen LogP contribution is -2.44. The van der Waals surface area contributed by atoms with Crippen LogP contribution in [0.3, 0.4) is 0 Å². The second-order valence-corrected chi connectivity index (χ2v) is 4.14. The van der Waals surface area contributed by atoms with Gasteiger partial charge in [0.2, 0.25) is 0 Å². The van der Waals surface area contributed by atoms with E-state index in [1.165, 1.54) is 25.1 Å². The molecule has 18 heavy (non-hydrogen) atoms. The van der Waals surface area contributed by atoms with E-state index in [9.17, 15) is 18.0 Å². The lowest BCUT2D eigenvalue weighted by Gasteiger charge is -2.22. The van der Waals surface area contributed by atoms with Gasteiger partial charge >= 0.3 is 6.36 Å². The number of carbonyl (C=O) groups excluding carboxylic acids is 1. The van der Waals surface area contributed by atoms with E-state index in [1.54, 1.807) is 6.92 Å². The van der Waals surface area contributed by atoms with Crippen molar-refractivity contribution < 1.29 is 22.7 Å². The average molecular weight is 261 g/mol. The lowest BCUT2D eigenvalue weighted by atomic mass is 9.89. The van der Waals surface area contributed by atoms with Crippen molar-refractivity contribution in [2.24, 2.45) is 5.73 Å². The zero-order valence-electron chi connectivity index (χ0n) is 10.0. The molecule has 0 aromatic heterocycles. The fourth-order valence-corrected chi connectivity index (χ4v) is 1.34. The molecular weight excluding hydrogens is 247 g/mol. The first-order chi connectivity index (χ1) is 8.17. The van der Waals surface area contributed by atoms with Gasteiger partial charge in [0, 0.05) is 0 Å². The second kappa shape index (κ2) is 4.97. The number of hydrogen-bond acceptors (Lipinski definition) is 3. The Labute approximate surface area is 103 Å². The minimum Gasteiger partial charge on any atom is -0.405 e. The molecule has 0 aliphatic heterocycles. The van der Waals surface area contributed by atoms with Crippen LogP contribution in [-0.4, -0.2) is 17.7 Å². The first-order valence-corrected chi connectivity index (χ1v) is 5.36. The highest BCUT2D eigenvalue weighted by Gasteiger charge is 2.35. The fourth-order valence-electron chi connectivity index (χ4n) is 1.34. The van der Waals surface area contributed by atoms with Crippen LogP contribution in [0.5, 0.6) is 5.75 Å². The quantitative estimate of drug-likeness (QED) is 0.848. The largest absolute Gasteiger partial charge is 0.573 e. The third-order valence-corrected chi connectivity index (χ3v) is 2.61. The number of para-hydroxylation sites is 1. The summed E-state index contributed by atoms with van der Waals surface area (Å²) in [5, 5.41) is 0. The summed E-state index contributed by atoms with van der Waals surface area (Å²) in [5.74, 6) is -1.11. The van der Waals surface area contributed by atoms with E-state index in [4.69, 9.17) is 5.73 Å². The Balaban J connectivity index is 3.14. The number of carbonyl (C=O) groups is 1. The molecule has 0 heterocycles. The van der Waals surface area contributed by atoms with E-state index < -0.39 is 23.4 Å². The van der Waals surface area contributed by atoms with Crippen LogP contribution in [0, 0.1) is 0 Å².